The van der Waals surface area contributed by atoms with E-state index in [2.05, 4.69) is 15.0 Å². The molecule has 0 spiro atoms. The maximum absolute atomic E-state index is 4.52. The molecular formula is C13H9N3. The number of benzene rings is 1. The fourth-order valence-corrected chi connectivity index (χ4v) is 1.72. The Morgan fingerprint density at radius 2 is 1.94 bits per heavy atom. The maximum Gasteiger partial charge on any atom is 0.0980 e. The summed E-state index contributed by atoms with van der Waals surface area (Å²) >= 11 is 0. The lowest BCUT2D eigenvalue weighted by Crippen LogP contribution is -2.21. The zero-order valence-corrected chi connectivity index (χ0v) is 8.54. The average Bonchev–Trinajstić information content (AvgIpc) is 2.69. The van der Waals surface area contributed by atoms with Crippen LogP contribution in [0.1, 0.15) is 0 Å². The highest BCUT2D eigenvalue weighted by atomic mass is 14.9. The summed E-state index contributed by atoms with van der Waals surface area (Å²) in [7, 11) is 0. The Hall–Kier alpha value is -2.29. The summed E-state index contributed by atoms with van der Waals surface area (Å²) in [6, 6.07) is 8.01. The molecule has 0 bridgehead atoms. The highest BCUT2D eigenvalue weighted by molar-refractivity contribution is 6.17. The summed E-state index contributed by atoms with van der Waals surface area (Å²) in [5.41, 5.74) is 1.80. The van der Waals surface area contributed by atoms with Gasteiger partial charge in [0.05, 0.1) is 16.8 Å². The first-order chi connectivity index (χ1) is 7.95. The highest BCUT2D eigenvalue weighted by Gasteiger charge is 2.10. The molecule has 0 aliphatic carbocycles. The second-order valence-electron chi connectivity index (χ2n) is 3.45. The zero-order chi connectivity index (χ0) is 10.8. The topological polar surface area (TPSA) is 37.1 Å². The van der Waals surface area contributed by atoms with E-state index in [1.807, 2.05) is 36.4 Å². The van der Waals surface area contributed by atoms with Crippen molar-refractivity contribution in [3.63, 3.8) is 0 Å². The summed E-state index contributed by atoms with van der Waals surface area (Å²) in [5.74, 6) is 0. The van der Waals surface area contributed by atoms with E-state index in [0.29, 0.717) is 0 Å². The van der Waals surface area contributed by atoms with Crippen molar-refractivity contribution >= 4 is 18.1 Å². The number of aliphatic imine (C=N–C) groups is 2. The molecule has 2 aliphatic heterocycles. The minimum atomic E-state index is 0.888. The summed E-state index contributed by atoms with van der Waals surface area (Å²) < 4.78 is 0. The van der Waals surface area contributed by atoms with Gasteiger partial charge in [-0.2, -0.15) is 0 Å². The van der Waals surface area contributed by atoms with Crippen molar-refractivity contribution in [2.75, 3.05) is 0 Å². The number of rotatable bonds is 0. The Kier molecular flexibility index (Phi) is 2.07. The normalized spacial score (nSPS) is 22.0. The van der Waals surface area contributed by atoms with E-state index in [1.54, 1.807) is 18.6 Å². The standard InChI is InChI=1S/C13H9N3/c1-2-5-11-10(4-1)13-12(16-11)6-3-7-14-8-9-15-13/h1-9H/b6-3?,7-3-,9-8?,12-6+,14-7?,14-8?,15-9?,15-13?. The second-order valence-corrected chi connectivity index (χ2v) is 3.45. The Labute approximate surface area is 92.6 Å². The van der Waals surface area contributed by atoms with Crippen LogP contribution in [0, 0.1) is 0 Å². The number of para-hydroxylation sites is 1. The van der Waals surface area contributed by atoms with Gasteiger partial charge in [0.25, 0.3) is 0 Å². The SMILES string of the molecule is C1=N/C=C\C=C2\N=c3ccccc3=C2N=C1. The van der Waals surface area contributed by atoms with E-state index in [-0.39, 0.29) is 0 Å². The maximum atomic E-state index is 4.52. The van der Waals surface area contributed by atoms with E-state index in [0.717, 1.165) is 22.0 Å². The van der Waals surface area contributed by atoms with E-state index in [9.17, 15) is 0 Å². The first-order valence-electron chi connectivity index (χ1n) is 5.06. The molecule has 0 saturated carbocycles. The van der Waals surface area contributed by atoms with Crippen LogP contribution in [-0.2, 0) is 0 Å². The van der Waals surface area contributed by atoms with Crippen molar-refractivity contribution < 1.29 is 0 Å². The zero-order valence-electron chi connectivity index (χ0n) is 8.54. The third-order valence-electron chi connectivity index (χ3n) is 2.43. The summed E-state index contributed by atoms with van der Waals surface area (Å²) in [6.45, 7) is 0. The third-order valence-corrected chi connectivity index (χ3v) is 2.43. The van der Waals surface area contributed by atoms with Gasteiger partial charge in [0.2, 0.25) is 0 Å². The predicted molar refractivity (Wildman–Crippen MR) is 64.8 cm³/mol. The molecule has 2 aliphatic rings. The molecule has 1 aromatic carbocycles. The lowest BCUT2D eigenvalue weighted by atomic mass is 10.2. The quantitative estimate of drug-likeness (QED) is 0.608. The minimum absolute atomic E-state index is 0.888. The number of hydrogen-bond donors (Lipinski definition) is 0. The van der Waals surface area contributed by atoms with Gasteiger partial charge >= 0.3 is 0 Å². The molecule has 3 heteroatoms. The van der Waals surface area contributed by atoms with Gasteiger partial charge in [0.15, 0.2) is 0 Å². The van der Waals surface area contributed by atoms with Crippen LogP contribution in [0.15, 0.2) is 63.3 Å². The van der Waals surface area contributed by atoms with E-state index in [4.69, 9.17) is 0 Å². The molecule has 1 aromatic rings. The molecule has 3 nitrogen and oxygen atoms in total. The van der Waals surface area contributed by atoms with Crippen molar-refractivity contribution in [2.45, 2.75) is 0 Å². The Morgan fingerprint density at radius 1 is 1.00 bits per heavy atom. The fraction of sp³-hybridized carbons (Fsp3) is 0. The largest absolute Gasteiger partial charge is 0.263 e. The monoisotopic (exact) mass is 207 g/mol. The van der Waals surface area contributed by atoms with Gasteiger partial charge < -0.3 is 0 Å². The Balaban J connectivity index is 2.35. The number of hydrogen-bond acceptors (Lipinski definition) is 3. The van der Waals surface area contributed by atoms with E-state index in [1.165, 1.54) is 0 Å². The van der Waals surface area contributed by atoms with E-state index < -0.39 is 0 Å². The molecule has 0 aromatic heterocycles. The van der Waals surface area contributed by atoms with Crippen molar-refractivity contribution in [3.8, 4) is 0 Å². The first-order valence-corrected chi connectivity index (χ1v) is 5.06. The number of allylic oxidation sites excluding steroid dienone is 2. The van der Waals surface area contributed by atoms with Gasteiger partial charge in [-0.3, -0.25) is 9.98 Å². The molecule has 0 amide bonds. The second kappa shape index (κ2) is 3.70. The molecule has 0 saturated heterocycles. The molecular weight excluding hydrogens is 198 g/mol. The lowest BCUT2D eigenvalue weighted by Gasteiger charge is -1.93. The van der Waals surface area contributed by atoms with Crippen LogP contribution in [0.4, 0.5) is 0 Å². The molecule has 76 valence electrons. The van der Waals surface area contributed by atoms with Crippen molar-refractivity contribution in [1.82, 2.24) is 0 Å². The third kappa shape index (κ3) is 1.42. The van der Waals surface area contributed by atoms with Crippen LogP contribution in [0.2, 0.25) is 0 Å². The number of fused-ring (bicyclic) bond motifs is 2. The molecule has 0 fully saturated rings. The molecule has 3 rings (SSSR count). The van der Waals surface area contributed by atoms with Crippen LogP contribution in [-0.4, -0.2) is 12.4 Å². The lowest BCUT2D eigenvalue weighted by molar-refractivity contribution is 1.31. The summed E-state index contributed by atoms with van der Waals surface area (Å²) in [6.07, 6.45) is 8.88. The Morgan fingerprint density at radius 3 is 2.94 bits per heavy atom. The van der Waals surface area contributed by atoms with Gasteiger partial charge in [-0.05, 0) is 18.2 Å². The minimum Gasteiger partial charge on any atom is -0.263 e. The molecule has 0 N–H and O–H groups in total. The first kappa shape index (κ1) is 8.97. The summed E-state index contributed by atoms with van der Waals surface area (Å²) in [5, 5.41) is 2.06. The fourth-order valence-electron chi connectivity index (χ4n) is 1.72. The van der Waals surface area contributed by atoms with Crippen molar-refractivity contribution in [2.24, 2.45) is 15.0 Å². The van der Waals surface area contributed by atoms with Crippen molar-refractivity contribution in [3.05, 3.63) is 58.9 Å². The smallest absolute Gasteiger partial charge is 0.0980 e. The van der Waals surface area contributed by atoms with Gasteiger partial charge in [-0.25, -0.2) is 4.99 Å². The van der Waals surface area contributed by atoms with Gasteiger partial charge in [-0.15, -0.1) is 0 Å². The van der Waals surface area contributed by atoms with Gasteiger partial charge in [0.1, 0.15) is 0 Å². The van der Waals surface area contributed by atoms with Crippen LogP contribution in [0.5, 0.6) is 0 Å². The Bertz CT molecular complexity index is 661. The van der Waals surface area contributed by atoms with E-state index >= 15 is 0 Å². The van der Waals surface area contributed by atoms with Crippen LogP contribution in [0.3, 0.4) is 0 Å². The molecule has 0 atom stereocenters. The van der Waals surface area contributed by atoms with Crippen LogP contribution < -0.4 is 10.6 Å². The predicted octanol–water partition coefficient (Wildman–Crippen LogP) is 0.981. The molecule has 16 heavy (non-hydrogen) atoms. The van der Waals surface area contributed by atoms with Gasteiger partial charge in [-0.1, -0.05) is 18.2 Å². The molecule has 2 heterocycles. The summed E-state index contributed by atoms with van der Waals surface area (Å²) in [4.78, 5) is 12.9. The van der Waals surface area contributed by atoms with Gasteiger partial charge in [0, 0.05) is 23.8 Å². The van der Waals surface area contributed by atoms with Crippen LogP contribution >= 0.6 is 0 Å². The van der Waals surface area contributed by atoms with Crippen LogP contribution in [0.25, 0.3) is 5.70 Å². The van der Waals surface area contributed by atoms with Crippen molar-refractivity contribution in [1.29, 1.82) is 0 Å². The highest BCUT2D eigenvalue weighted by Crippen LogP contribution is 2.15. The average molecular weight is 207 g/mol. The number of nitrogens with zero attached hydrogens (tertiary/aromatic N) is 3. The molecule has 0 radical (unpaired) electrons. The molecule has 0 unspecified atom stereocenters.